The molecule has 152 valence electrons. The summed E-state index contributed by atoms with van der Waals surface area (Å²) >= 11 is 0. The van der Waals surface area contributed by atoms with Crippen molar-refractivity contribution in [3.8, 4) is 5.75 Å². The Bertz CT molecular complexity index is 987. The van der Waals surface area contributed by atoms with E-state index in [2.05, 4.69) is 31.1 Å². The summed E-state index contributed by atoms with van der Waals surface area (Å²) in [6, 6.07) is 13.9. The van der Waals surface area contributed by atoms with E-state index in [0.29, 0.717) is 12.5 Å². The van der Waals surface area contributed by atoms with E-state index in [4.69, 9.17) is 9.84 Å². The summed E-state index contributed by atoms with van der Waals surface area (Å²) < 4.78 is 8.04. The highest BCUT2D eigenvalue weighted by Gasteiger charge is 2.13. The number of carbonyl (C=O) groups is 1. The number of aliphatic carboxylic acids is 1. The molecule has 0 saturated carbocycles. The van der Waals surface area contributed by atoms with Crippen LogP contribution in [0.5, 0.6) is 5.75 Å². The number of allylic oxidation sites excluding steroid dienone is 2. The molecule has 0 spiro atoms. The van der Waals surface area contributed by atoms with Crippen molar-refractivity contribution in [2.75, 3.05) is 0 Å². The Morgan fingerprint density at radius 1 is 1.21 bits per heavy atom. The van der Waals surface area contributed by atoms with Crippen LogP contribution in [0.25, 0.3) is 10.9 Å². The van der Waals surface area contributed by atoms with E-state index in [-0.39, 0.29) is 12.3 Å². The van der Waals surface area contributed by atoms with Crippen LogP contribution in [0.2, 0.25) is 0 Å². The molecular formula is C24H28N2O3. The van der Waals surface area contributed by atoms with E-state index in [9.17, 15) is 4.79 Å². The average Bonchev–Trinajstić information content (AvgIpc) is 3.09. The number of benzene rings is 2. The average molecular weight is 392 g/mol. The van der Waals surface area contributed by atoms with Crippen LogP contribution in [0.15, 0.2) is 60.8 Å². The molecule has 0 bridgehead atoms. The molecule has 0 radical (unpaired) electrons. The minimum atomic E-state index is -0.806. The Morgan fingerprint density at radius 3 is 2.62 bits per heavy atom. The van der Waals surface area contributed by atoms with E-state index < -0.39 is 5.97 Å². The first-order chi connectivity index (χ1) is 14.0. The van der Waals surface area contributed by atoms with Gasteiger partial charge in [-0.15, -0.1) is 0 Å². The molecule has 1 N–H and O–H groups in total. The largest absolute Gasteiger partial charge is 0.489 e. The highest BCUT2D eigenvalue weighted by molar-refractivity contribution is 5.82. The Hall–Kier alpha value is -3.08. The molecule has 29 heavy (non-hydrogen) atoms. The summed E-state index contributed by atoms with van der Waals surface area (Å²) in [5.41, 5.74) is 3.19. The molecule has 1 heterocycles. The Balaban J connectivity index is 1.72. The van der Waals surface area contributed by atoms with Gasteiger partial charge in [-0.25, -0.2) is 0 Å². The van der Waals surface area contributed by atoms with E-state index >= 15 is 0 Å². The van der Waals surface area contributed by atoms with Crippen LogP contribution in [-0.4, -0.2) is 20.9 Å². The lowest BCUT2D eigenvalue weighted by molar-refractivity contribution is -0.137. The number of fused-ring (bicyclic) bond motifs is 1. The van der Waals surface area contributed by atoms with Gasteiger partial charge in [-0.2, -0.15) is 5.10 Å². The first-order valence-corrected chi connectivity index (χ1v) is 9.98. The van der Waals surface area contributed by atoms with E-state index in [0.717, 1.165) is 34.3 Å². The predicted octanol–water partition coefficient (Wildman–Crippen LogP) is 5.41. The summed E-state index contributed by atoms with van der Waals surface area (Å²) in [4.78, 5) is 11.1. The van der Waals surface area contributed by atoms with Gasteiger partial charge < -0.3 is 9.84 Å². The lowest BCUT2D eigenvalue weighted by Gasteiger charge is -2.12. The predicted molar refractivity (Wildman–Crippen MR) is 115 cm³/mol. The quantitative estimate of drug-likeness (QED) is 0.495. The second-order valence-electron chi connectivity index (χ2n) is 7.66. The third kappa shape index (κ3) is 5.25. The SMILES string of the molecule is CC=C[C@H](CC(=O)O)c1ccc(OCc2cccc3c2cnn3CC(C)C)cc1. The second kappa shape index (κ2) is 9.41. The number of carboxylic acids is 1. The molecule has 0 aliphatic heterocycles. The topological polar surface area (TPSA) is 64.3 Å². The van der Waals surface area contributed by atoms with Crippen LogP contribution in [0.4, 0.5) is 0 Å². The molecule has 5 heteroatoms. The molecule has 5 nitrogen and oxygen atoms in total. The maximum atomic E-state index is 11.1. The Morgan fingerprint density at radius 2 is 1.97 bits per heavy atom. The van der Waals surface area contributed by atoms with Gasteiger partial charge in [0.05, 0.1) is 18.1 Å². The first kappa shape index (κ1) is 20.6. The zero-order valence-corrected chi connectivity index (χ0v) is 17.2. The minimum absolute atomic E-state index is 0.0763. The molecule has 1 aromatic heterocycles. The maximum absolute atomic E-state index is 11.1. The van der Waals surface area contributed by atoms with Crippen LogP contribution in [-0.2, 0) is 17.9 Å². The van der Waals surface area contributed by atoms with Crippen molar-refractivity contribution >= 4 is 16.9 Å². The van der Waals surface area contributed by atoms with Gasteiger partial charge in [-0.3, -0.25) is 9.48 Å². The number of nitrogens with zero attached hydrogens (tertiary/aromatic N) is 2. The van der Waals surface area contributed by atoms with E-state index in [1.54, 1.807) is 0 Å². The van der Waals surface area contributed by atoms with Crippen molar-refractivity contribution in [2.24, 2.45) is 5.92 Å². The molecule has 1 atom stereocenters. The van der Waals surface area contributed by atoms with E-state index in [1.807, 2.05) is 60.3 Å². The van der Waals surface area contributed by atoms with Crippen molar-refractivity contribution < 1.29 is 14.6 Å². The van der Waals surface area contributed by atoms with Crippen molar-refractivity contribution in [3.63, 3.8) is 0 Å². The third-order valence-electron chi connectivity index (χ3n) is 4.84. The van der Waals surface area contributed by atoms with Gasteiger partial charge in [0.25, 0.3) is 0 Å². The summed E-state index contributed by atoms with van der Waals surface area (Å²) in [5.74, 6) is 0.352. The summed E-state index contributed by atoms with van der Waals surface area (Å²) in [5, 5.41) is 14.7. The van der Waals surface area contributed by atoms with Gasteiger partial charge >= 0.3 is 5.97 Å². The normalized spacial score (nSPS) is 12.7. The molecule has 0 saturated heterocycles. The van der Waals surface area contributed by atoms with Gasteiger partial charge in [0.15, 0.2) is 0 Å². The van der Waals surface area contributed by atoms with Gasteiger partial charge in [-0.1, -0.05) is 50.3 Å². The van der Waals surface area contributed by atoms with Gasteiger partial charge in [0, 0.05) is 23.4 Å². The zero-order chi connectivity index (χ0) is 20.8. The number of rotatable bonds is 9. The summed E-state index contributed by atoms with van der Waals surface area (Å²) in [6.07, 6.45) is 5.79. The number of ether oxygens (including phenoxy) is 1. The minimum Gasteiger partial charge on any atom is -0.489 e. The van der Waals surface area contributed by atoms with Crippen LogP contribution in [0.1, 0.15) is 44.2 Å². The van der Waals surface area contributed by atoms with Gasteiger partial charge in [0.1, 0.15) is 12.4 Å². The fraction of sp³-hybridized carbons (Fsp3) is 0.333. The smallest absolute Gasteiger partial charge is 0.304 e. The standard InChI is InChI=1S/C24H28N2O3/c1-4-6-19(13-24(27)28)18-9-11-21(12-10-18)29-16-20-7-5-8-23-22(20)14-25-26(23)15-17(2)3/h4-12,14,17,19H,13,15-16H2,1-3H3,(H,27,28)/t19-/m1/s1. The summed E-state index contributed by atoms with van der Waals surface area (Å²) in [7, 11) is 0. The van der Waals surface area contributed by atoms with Crippen LogP contribution < -0.4 is 4.74 Å². The number of hydrogen-bond acceptors (Lipinski definition) is 3. The highest BCUT2D eigenvalue weighted by Crippen LogP contribution is 2.25. The fourth-order valence-corrected chi connectivity index (χ4v) is 3.47. The number of aromatic nitrogens is 2. The number of hydrogen-bond donors (Lipinski definition) is 1. The molecule has 0 aliphatic carbocycles. The zero-order valence-electron chi connectivity index (χ0n) is 17.2. The monoisotopic (exact) mass is 392 g/mol. The molecule has 3 rings (SSSR count). The molecule has 0 aliphatic rings. The second-order valence-corrected chi connectivity index (χ2v) is 7.66. The number of carboxylic acid groups (broad SMARTS) is 1. The van der Waals surface area contributed by atoms with Crippen molar-refractivity contribution in [3.05, 3.63) is 71.9 Å². The molecular weight excluding hydrogens is 364 g/mol. The lowest BCUT2D eigenvalue weighted by Crippen LogP contribution is -2.05. The maximum Gasteiger partial charge on any atom is 0.304 e. The van der Waals surface area contributed by atoms with Crippen LogP contribution in [0, 0.1) is 5.92 Å². The molecule has 0 fully saturated rings. The molecule has 2 aromatic carbocycles. The Kier molecular flexibility index (Phi) is 6.70. The van der Waals surface area contributed by atoms with Crippen molar-refractivity contribution in [1.29, 1.82) is 0 Å². The van der Waals surface area contributed by atoms with Crippen molar-refractivity contribution in [1.82, 2.24) is 9.78 Å². The first-order valence-electron chi connectivity index (χ1n) is 9.98. The van der Waals surface area contributed by atoms with Crippen LogP contribution >= 0.6 is 0 Å². The lowest BCUT2D eigenvalue weighted by atomic mass is 9.95. The molecule has 0 unspecified atom stereocenters. The third-order valence-corrected chi connectivity index (χ3v) is 4.84. The fourth-order valence-electron chi connectivity index (χ4n) is 3.47. The van der Waals surface area contributed by atoms with E-state index in [1.165, 1.54) is 0 Å². The van der Waals surface area contributed by atoms with Gasteiger partial charge in [0.2, 0.25) is 0 Å². The van der Waals surface area contributed by atoms with Crippen molar-refractivity contribution in [2.45, 2.75) is 46.3 Å². The Labute approximate surface area is 171 Å². The van der Waals surface area contributed by atoms with Gasteiger partial charge in [-0.05, 0) is 36.6 Å². The van der Waals surface area contributed by atoms with Crippen LogP contribution in [0.3, 0.4) is 0 Å². The molecule has 3 aromatic rings. The molecule has 0 amide bonds. The summed E-state index contributed by atoms with van der Waals surface area (Å²) in [6.45, 7) is 7.61. The highest BCUT2D eigenvalue weighted by atomic mass is 16.5.